The van der Waals surface area contributed by atoms with Crippen LogP contribution in [0.4, 0.5) is 0 Å². The average molecular weight is 176 g/mol. The van der Waals surface area contributed by atoms with Gasteiger partial charge in [0.2, 0.25) is 0 Å². The van der Waals surface area contributed by atoms with Gasteiger partial charge < -0.3 is 9.05 Å². The standard InChI is InChI=1S/C6H14BO3P/c1-3-9-11(8,6-5-7)10-4-2/h3-6H2,1-2H3. The van der Waals surface area contributed by atoms with Gasteiger partial charge in [-0.2, -0.15) is 0 Å². The van der Waals surface area contributed by atoms with Crippen LogP contribution in [-0.4, -0.2) is 27.2 Å². The molecule has 0 aliphatic rings. The maximum atomic E-state index is 11.5. The monoisotopic (exact) mass is 176 g/mol. The van der Waals surface area contributed by atoms with Crippen LogP contribution < -0.4 is 0 Å². The van der Waals surface area contributed by atoms with Gasteiger partial charge in [0.15, 0.2) is 0 Å². The molecule has 0 spiro atoms. The molecule has 11 heavy (non-hydrogen) atoms. The minimum Gasteiger partial charge on any atom is -0.309 e. The summed E-state index contributed by atoms with van der Waals surface area (Å²) in [6, 6.07) is 0. The highest BCUT2D eigenvalue weighted by Crippen LogP contribution is 2.48. The van der Waals surface area contributed by atoms with Crippen molar-refractivity contribution in [3.8, 4) is 0 Å². The van der Waals surface area contributed by atoms with Crippen molar-refractivity contribution in [1.29, 1.82) is 0 Å². The Morgan fingerprint density at radius 2 is 1.73 bits per heavy atom. The van der Waals surface area contributed by atoms with Crippen LogP contribution in [0.5, 0.6) is 0 Å². The summed E-state index contributed by atoms with van der Waals surface area (Å²) in [5.74, 6) is 0. The summed E-state index contributed by atoms with van der Waals surface area (Å²) in [7, 11) is 2.40. The second-order valence-electron chi connectivity index (χ2n) is 1.96. The third-order valence-corrected chi connectivity index (χ3v) is 3.16. The summed E-state index contributed by atoms with van der Waals surface area (Å²) >= 11 is 0. The second kappa shape index (κ2) is 5.81. The van der Waals surface area contributed by atoms with Gasteiger partial charge in [-0.05, 0) is 13.8 Å². The Morgan fingerprint density at radius 3 is 2.00 bits per heavy atom. The Labute approximate surface area is 69.4 Å². The molecule has 0 aliphatic heterocycles. The second-order valence-corrected chi connectivity index (χ2v) is 4.14. The van der Waals surface area contributed by atoms with Gasteiger partial charge in [0.1, 0.15) is 0 Å². The predicted molar refractivity (Wildman–Crippen MR) is 46.3 cm³/mol. The lowest BCUT2D eigenvalue weighted by Crippen LogP contribution is -1.99. The van der Waals surface area contributed by atoms with Gasteiger partial charge in [-0.25, -0.2) is 0 Å². The Kier molecular flexibility index (Phi) is 5.93. The van der Waals surface area contributed by atoms with Crippen molar-refractivity contribution >= 4 is 15.4 Å². The van der Waals surface area contributed by atoms with E-state index in [1.165, 1.54) is 0 Å². The van der Waals surface area contributed by atoms with Gasteiger partial charge >= 0.3 is 7.60 Å². The zero-order valence-electron chi connectivity index (χ0n) is 7.08. The quantitative estimate of drug-likeness (QED) is 0.457. The van der Waals surface area contributed by atoms with Crippen molar-refractivity contribution in [1.82, 2.24) is 0 Å². The minimum absolute atomic E-state index is 0.300. The van der Waals surface area contributed by atoms with E-state index >= 15 is 0 Å². The summed E-state index contributed by atoms with van der Waals surface area (Å²) in [6.45, 7) is 4.36. The zero-order chi connectivity index (χ0) is 8.74. The Morgan fingerprint density at radius 1 is 1.27 bits per heavy atom. The van der Waals surface area contributed by atoms with E-state index in [2.05, 4.69) is 0 Å². The van der Waals surface area contributed by atoms with Gasteiger partial charge in [-0.1, -0.05) is 6.32 Å². The first-order valence-electron chi connectivity index (χ1n) is 3.76. The molecule has 0 aromatic carbocycles. The van der Waals surface area contributed by atoms with Crippen molar-refractivity contribution in [3.63, 3.8) is 0 Å². The molecule has 2 radical (unpaired) electrons. The molecule has 0 saturated carbocycles. The smallest absolute Gasteiger partial charge is 0.309 e. The first kappa shape index (κ1) is 11.2. The van der Waals surface area contributed by atoms with Crippen molar-refractivity contribution in [2.75, 3.05) is 19.4 Å². The molecule has 0 unspecified atom stereocenters. The molecule has 0 aliphatic carbocycles. The molecule has 0 aromatic rings. The van der Waals surface area contributed by atoms with Crippen LogP contribution in [0.15, 0.2) is 0 Å². The van der Waals surface area contributed by atoms with Crippen LogP contribution in [0.1, 0.15) is 13.8 Å². The summed E-state index contributed by atoms with van der Waals surface area (Å²) < 4.78 is 21.4. The van der Waals surface area contributed by atoms with E-state index in [1.807, 2.05) is 0 Å². The summed E-state index contributed by atoms with van der Waals surface area (Å²) in [5, 5.41) is 0. The van der Waals surface area contributed by atoms with Crippen molar-refractivity contribution in [3.05, 3.63) is 0 Å². The molecule has 0 N–H and O–H groups in total. The van der Waals surface area contributed by atoms with Gasteiger partial charge in [0.05, 0.1) is 21.1 Å². The molecular weight excluding hydrogens is 162 g/mol. The van der Waals surface area contributed by atoms with Crippen LogP contribution in [0.25, 0.3) is 0 Å². The SMILES string of the molecule is [B]CCP(=O)(OCC)OCC. The highest BCUT2D eigenvalue weighted by atomic mass is 31.2. The molecule has 0 amide bonds. The van der Waals surface area contributed by atoms with E-state index in [1.54, 1.807) is 13.8 Å². The molecule has 0 heterocycles. The number of hydrogen-bond acceptors (Lipinski definition) is 3. The Balaban J connectivity index is 3.91. The fourth-order valence-electron chi connectivity index (χ4n) is 0.718. The highest BCUT2D eigenvalue weighted by molar-refractivity contribution is 7.53. The van der Waals surface area contributed by atoms with Crippen LogP contribution in [0.3, 0.4) is 0 Å². The first-order chi connectivity index (χ1) is 5.18. The highest BCUT2D eigenvalue weighted by Gasteiger charge is 2.20. The molecule has 5 heteroatoms. The lowest BCUT2D eigenvalue weighted by Gasteiger charge is -2.15. The van der Waals surface area contributed by atoms with E-state index in [-0.39, 0.29) is 0 Å². The average Bonchev–Trinajstić information content (AvgIpc) is 1.88. The molecule has 0 rings (SSSR count). The zero-order valence-corrected chi connectivity index (χ0v) is 7.97. The fourth-order valence-corrected chi connectivity index (χ4v) is 2.15. The van der Waals surface area contributed by atoms with E-state index in [9.17, 15) is 4.57 Å². The van der Waals surface area contributed by atoms with E-state index in [0.29, 0.717) is 25.7 Å². The fraction of sp³-hybridized carbons (Fsp3) is 1.00. The molecule has 0 atom stereocenters. The third-order valence-electron chi connectivity index (χ3n) is 1.05. The predicted octanol–water partition coefficient (Wildman–Crippen LogP) is 1.84. The molecule has 0 fully saturated rings. The van der Waals surface area contributed by atoms with Crippen LogP contribution in [0.2, 0.25) is 6.32 Å². The summed E-state index contributed by atoms with van der Waals surface area (Å²) in [6.07, 6.45) is 0.631. The van der Waals surface area contributed by atoms with E-state index in [4.69, 9.17) is 16.9 Å². The number of rotatable bonds is 6. The molecular formula is C6H14BO3P. The lowest BCUT2D eigenvalue weighted by molar-refractivity contribution is 0.221. The van der Waals surface area contributed by atoms with E-state index in [0.717, 1.165) is 0 Å². The first-order valence-corrected chi connectivity index (χ1v) is 5.49. The maximum Gasteiger partial charge on any atom is 0.329 e. The molecule has 0 saturated heterocycles. The maximum absolute atomic E-state index is 11.5. The lowest BCUT2D eigenvalue weighted by atomic mass is 10.1. The minimum atomic E-state index is -2.84. The third kappa shape index (κ3) is 4.62. The van der Waals surface area contributed by atoms with Crippen LogP contribution in [0, 0.1) is 0 Å². The molecule has 64 valence electrons. The van der Waals surface area contributed by atoms with Gasteiger partial charge in [0, 0.05) is 6.16 Å². The number of hydrogen-bond donors (Lipinski definition) is 0. The van der Waals surface area contributed by atoms with Gasteiger partial charge in [0.25, 0.3) is 0 Å². The Hall–Kier alpha value is 0.215. The largest absolute Gasteiger partial charge is 0.329 e. The molecule has 3 nitrogen and oxygen atoms in total. The summed E-state index contributed by atoms with van der Waals surface area (Å²) in [5.41, 5.74) is 0. The molecule has 0 aromatic heterocycles. The van der Waals surface area contributed by atoms with Gasteiger partial charge in [-0.15, -0.1) is 0 Å². The molecule has 0 bridgehead atoms. The van der Waals surface area contributed by atoms with Crippen molar-refractivity contribution in [2.24, 2.45) is 0 Å². The van der Waals surface area contributed by atoms with Crippen LogP contribution >= 0.6 is 7.60 Å². The normalized spacial score (nSPS) is 11.8. The van der Waals surface area contributed by atoms with E-state index < -0.39 is 7.60 Å². The van der Waals surface area contributed by atoms with Crippen LogP contribution in [-0.2, 0) is 13.6 Å². The van der Waals surface area contributed by atoms with Crippen molar-refractivity contribution in [2.45, 2.75) is 20.2 Å². The van der Waals surface area contributed by atoms with Crippen molar-refractivity contribution < 1.29 is 13.6 Å². The van der Waals surface area contributed by atoms with Gasteiger partial charge in [-0.3, -0.25) is 4.57 Å². The Bertz CT molecular complexity index is 116. The summed E-state index contributed by atoms with van der Waals surface area (Å²) in [4.78, 5) is 0. The topological polar surface area (TPSA) is 35.5 Å².